The Morgan fingerprint density at radius 2 is 1.85 bits per heavy atom. The zero-order valence-corrected chi connectivity index (χ0v) is 19.6. The fourth-order valence-electron chi connectivity index (χ4n) is 4.21. The highest BCUT2D eigenvalue weighted by Gasteiger charge is 2.24. The molecule has 1 amide bonds. The van der Waals surface area contributed by atoms with Gasteiger partial charge in [-0.2, -0.15) is 5.10 Å². The van der Waals surface area contributed by atoms with Crippen molar-refractivity contribution in [3.8, 4) is 0 Å². The van der Waals surface area contributed by atoms with E-state index in [0.717, 1.165) is 33.9 Å². The second-order valence-corrected chi connectivity index (χ2v) is 9.66. The van der Waals surface area contributed by atoms with Crippen molar-refractivity contribution in [1.82, 2.24) is 29.5 Å². The number of hydrogen-bond acceptors (Lipinski definition) is 6. The second kappa shape index (κ2) is 8.92. The molecule has 33 heavy (non-hydrogen) atoms. The van der Waals surface area contributed by atoms with Crippen LogP contribution in [0, 0.1) is 13.8 Å². The molecule has 4 aromatic rings. The number of hydrogen-bond donors (Lipinski definition) is 1. The molecule has 1 saturated heterocycles. The molecule has 1 N–H and O–H groups in total. The van der Waals surface area contributed by atoms with Gasteiger partial charge in [0.2, 0.25) is 0 Å². The number of carbonyl (C=O) groups is 1. The molecule has 1 aliphatic rings. The predicted molar refractivity (Wildman–Crippen MR) is 129 cm³/mol. The average molecular weight is 463 g/mol. The summed E-state index contributed by atoms with van der Waals surface area (Å²) in [4.78, 5) is 39.1. The van der Waals surface area contributed by atoms with Gasteiger partial charge < -0.3 is 9.88 Å². The molecule has 0 saturated carbocycles. The van der Waals surface area contributed by atoms with Crippen molar-refractivity contribution in [3.63, 3.8) is 0 Å². The highest BCUT2D eigenvalue weighted by atomic mass is 32.1. The number of rotatable bonds is 5. The van der Waals surface area contributed by atoms with E-state index in [-0.39, 0.29) is 11.5 Å². The Kier molecular flexibility index (Phi) is 5.82. The molecule has 1 aliphatic heterocycles. The van der Waals surface area contributed by atoms with Crippen molar-refractivity contribution in [2.24, 2.45) is 0 Å². The van der Waals surface area contributed by atoms with Gasteiger partial charge in [-0.1, -0.05) is 30.3 Å². The van der Waals surface area contributed by atoms with Crippen LogP contribution in [0.25, 0.3) is 10.2 Å². The monoisotopic (exact) mass is 462 g/mol. The zero-order chi connectivity index (χ0) is 22.9. The van der Waals surface area contributed by atoms with E-state index < -0.39 is 0 Å². The van der Waals surface area contributed by atoms with Crippen LogP contribution < -0.4 is 5.56 Å². The van der Waals surface area contributed by atoms with Gasteiger partial charge in [0.25, 0.3) is 11.5 Å². The summed E-state index contributed by atoms with van der Waals surface area (Å²) in [7, 11) is 0. The van der Waals surface area contributed by atoms with E-state index >= 15 is 0 Å². The molecular weight excluding hydrogens is 436 g/mol. The Hall–Kier alpha value is -3.30. The number of aryl methyl sites for hydroxylation is 2. The number of thiophene rings is 1. The molecule has 170 valence electrons. The topological polar surface area (TPSA) is 87.1 Å². The molecule has 0 unspecified atom stereocenters. The predicted octanol–water partition coefficient (Wildman–Crippen LogP) is 2.80. The molecule has 4 heterocycles. The minimum atomic E-state index is -0.0711. The SMILES string of the molecule is Cc1sc2nc(CN3CCN(C(=O)c4cnn(Cc5ccccc5)c4)CC3)[nH]c(=O)c2c1C. The first-order chi connectivity index (χ1) is 16.0. The molecule has 5 rings (SSSR count). The zero-order valence-electron chi connectivity index (χ0n) is 18.7. The van der Waals surface area contributed by atoms with Crippen LogP contribution in [-0.2, 0) is 13.1 Å². The van der Waals surface area contributed by atoms with Gasteiger partial charge >= 0.3 is 0 Å². The van der Waals surface area contributed by atoms with Gasteiger partial charge in [0.15, 0.2) is 0 Å². The van der Waals surface area contributed by atoms with Crippen molar-refractivity contribution >= 4 is 27.5 Å². The molecule has 0 bridgehead atoms. The van der Waals surface area contributed by atoms with Crippen LogP contribution >= 0.6 is 11.3 Å². The fraction of sp³-hybridized carbons (Fsp3) is 0.333. The first-order valence-corrected chi connectivity index (χ1v) is 11.9. The third-order valence-electron chi connectivity index (χ3n) is 6.19. The van der Waals surface area contributed by atoms with E-state index in [0.29, 0.717) is 43.0 Å². The molecule has 0 atom stereocenters. The summed E-state index contributed by atoms with van der Waals surface area (Å²) in [5.41, 5.74) is 2.69. The number of amides is 1. The van der Waals surface area contributed by atoms with Gasteiger partial charge in [-0.25, -0.2) is 4.98 Å². The van der Waals surface area contributed by atoms with E-state index in [1.165, 1.54) is 0 Å². The Labute approximate surface area is 195 Å². The molecule has 1 fully saturated rings. The molecule has 9 heteroatoms. The first kappa shape index (κ1) is 21.5. The first-order valence-electron chi connectivity index (χ1n) is 11.0. The van der Waals surface area contributed by atoms with Crippen LogP contribution in [0.1, 0.15) is 32.2 Å². The molecule has 1 aromatic carbocycles. The maximum Gasteiger partial charge on any atom is 0.259 e. The van der Waals surface area contributed by atoms with Gasteiger partial charge in [0, 0.05) is 37.3 Å². The minimum absolute atomic E-state index is 0.00597. The van der Waals surface area contributed by atoms with E-state index in [9.17, 15) is 9.59 Å². The number of fused-ring (bicyclic) bond motifs is 1. The summed E-state index contributed by atoms with van der Waals surface area (Å²) in [5, 5.41) is 5.06. The molecular formula is C24H26N6O2S. The average Bonchev–Trinajstić information content (AvgIpc) is 3.39. The molecule has 8 nitrogen and oxygen atoms in total. The third-order valence-corrected chi connectivity index (χ3v) is 7.29. The number of nitrogens with one attached hydrogen (secondary N) is 1. The summed E-state index contributed by atoms with van der Waals surface area (Å²) in [6.45, 7) is 7.91. The Morgan fingerprint density at radius 3 is 2.61 bits per heavy atom. The maximum absolute atomic E-state index is 13.0. The van der Waals surface area contributed by atoms with E-state index in [1.54, 1.807) is 22.2 Å². The van der Waals surface area contributed by atoms with Crippen LogP contribution in [0.2, 0.25) is 0 Å². The summed E-state index contributed by atoms with van der Waals surface area (Å²) >= 11 is 1.56. The number of aromatic nitrogens is 4. The number of nitrogens with zero attached hydrogens (tertiary/aromatic N) is 5. The number of piperazine rings is 1. The lowest BCUT2D eigenvalue weighted by Gasteiger charge is -2.34. The van der Waals surface area contributed by atoms with Crippen LogP contribution in [0.15, 0.2) is 47.5 Å². The van der Waals surface area contributed by atoms with Crippen LogP contribution in [0.5, 0.6) is 0 Å². The van der Waals surface area contributed by atoms with Gasteiger partial charge in [-0.15, -0.1) is 11.3 Å². The molecule has 0 spiro atoms. The quantitative estimate of drug-likeness (QED) is 0.493. The second-order valence-electron chi connectivity index (χ2n) is 8.46. The Morgan fingerprint density at radius 1 is 1.09 bits per heavy atom. The molecule has 0 aliphatic carbocycles. The standard InChI is InChI=1S/C24H26N6O2S/c1-16-17(2)33-23-21(16)22(31)26-20(27-23)15-28-8-10-29(11-9-28)24(32)19-12-25-30(14-19)13-18-6-4-3-5-7-18/h3-7,12,14H,8-11,13,15H2,1-2H3,(H,26,27,31). The summed E-state index contributed by atoms with van der Waals surface area (Å²) in [5.74, 6) is 0.683. The van der Waals surface area contributed by atoms with E-state index in [2.05, 4.69) is 20.0 Å². The smallest absolute Gasteiger partial charge is 0.259 e. The number of carbonyl (C=O) groups excluding carboxylic acids is 1. The third kappa shape index (κ3) is 4.46. The van der Waals surface area contributed by atoms with Crippen LogP contribution in [0.4, 0.5) is 0 Å². The normalized spacial score (nSPS) is 14.8. The van der Waals surface area contributed by atoms with E-state index in [4.69, 9.17) is 0 Å². The fourth-order valence-corrected chi connectivity index (χ4v) is 5.26. The summed E-state index contributed by atoms with van der Waals surface area (Å²) in [6, 6.07) is 10.1. The van der Waals surface area contributed by atoms with Crippen molar-refractivity contribution in [3.05, 3.63) is 80.5 Å². The Balaban J connectivity index is 1.19. The largest absolute Gasteiger partial charge is 0.336 e. The van der Waals surface area contributed by atoms with E-state index in [1.807, 2.05) is 55.3 Å². The maximum atomic E-state index is 13.0. The van der Waals surface area contributed by atoms with Crippen molar-refractivity contribution in [2.75, 3.05) is 26.2 Å². The van der Waals surface area contributed by atoms with Gasteiger partial charge in [0.05, 0.1) is 30.2 Å². The number of benzene rings is 1. The lowest BCUT2D eigenvalue weighted by atomic mass is 10.2. The minimum Gasteiger partial charge on any atom is -0.336 e. The summed E-state index contributed by atoms with van der Waals surface area (Å²) < 4.78 is 1.80. The van der Waals surface area contributed by atoms with Crippen molar-refractivity contribution in [1.29, 1.82) is 0 Å². The highest BCUT2D eigenvalue weighted by molar-refractivity contribution is 7.18. The Bertz CT molecular complexity index is 1350. The summed E-state index contributed by atoms with van der Waals surface area (Å²) in [6.07, 6.45) is 3.46. The van der Waals surface area contributed by atoms with Gasteiger partial charge in [0.1, 0.15) is 10.7 Å². The molecule has 3 aromatic heterocycles. The lowest BCUT2D eigenvalue weighted by molar-refractivity contribution is 0.0625. The highest BCUT2D eigenvalue weighted by Crippen LogP contribution is 2.25. The van der Waals surface area contributed by atoms with Gasteiger partial charge in [-0.05, 0) is 25.0 Å². The lowest BCUT2D eigenvalue weighted by Crippen LogP contribution is -2.48. The van der Waals surface area contributed by atoms with Crippen molar-refractivity contribution < 1.29 is 4.79 Å². The van der Waals surface area contributed by atoms with Crippen LogP contribution in [0.3, 0.4) is 0 Å². The molecule has 0 radical (unpaired) electrons. The van der Waals surface area contributed by atoms with Crippen molar-refractivity contribution in [2.45, 2.75) is 26.9 Å². The number of aromatic amines is 1. The van der Waals surface area contributed by atoms with Crippen LogP contribution in [-0.4, -0.2) is 61.6 Å². The van der Waals surface area contributed by atoms with Gasteiger partial charge in [-0.3, -0.25) is 19.2 Å². The number of H-pyrrole nitrogens is 1.